The first-order chi connectivity index (χ1) is 19.2. The number of nitrogen functional groups attached to an aromatic ring is 1. The van der Waals surface area contributed by atoms with Crippen molar-refractivity contribution in [2.45, 2.75) is 54.7 Å². The SMILES string of the molecule is CS(=O)(=O)c1c(C2C[C@H]3CC[C@@H](C2)N3C(=O)C(O)CO)nc2c(-c3ccc(-c4ccccc4)nc3)cnn2c1N. The molecule has 11 nitrogen and oxygen atoms in total. The van der Waals surface area contributed by atoms with Crippen molar-refractivity contribution in [3.8, 4) is 22.4 Å². The van der Waals surface area contributed by atoms with Crippen LogP contribution in [-0.2, 0) is 14.6 Å². The molecule has 2 bridgehead atoms. The summed E-state index contributed by atoms with van der Waals surface area (Å²) in [5, 5.41) is 23.6. The van der Waals surface area contributed by atoms with Crippen LogP contribution in [0, 0.1) is 0 Å². The summed E-state index contributed by atoms with van der Waals surface area (Å²) in [6.07, 6.45) is 5.39. The van der Waals surface area contributed by atoms with E-state index in [0.29, 0.717) is 29.7 Å². The fraction of sp³-hybridized carbons (Fsp3) is 0.357. The molecule has 4 aromatic rings. The van der Waals surface area contributed by atoms with E-state index in [-0.39, 0.29) is 28.7 Å². The maximum atomic E-state index is 13.0. The van der Waals surface area contributed by atoms with Crippen LogP contribution in [0.5, 0.6) is 0 Å². The minimum Gasteiger partial charge on any atom is -0.393 e. The number of carbonyl (C=O) groups excluding carboxylic acids is 1. The lowest BCUT2D eigenvalue weighted by atomic mass is 9.87. The topological polar surface area (TPSA) is 164 Å². The van der Waals surface area contributed by atoms with Gasteiger partial charge >= 0.3 is 0 Å². The number of aromatic nitrogens is 4. The summed E-state index contributed by atoms with van der Waals surface area (Å²) < 4.78 is 27.3. The predicted molar refractivity (Wildman–Crippen MR) is 148 cm³/mol. The molecule has 6 rings (SSSR count). The molecule has 1 amide bonds. The van der Waals surface area contributed by atoms with Crippen LogP contribution in [0.1, 0.15) is 37.3 Å². The average Bonchev–Trinajstić information content (AvgIpc) is 3.50. The first kappa shape index (κ1) is 26.4. The number of rotatable bonds is 6. The number of sulfone groups is 1. The number of aliphatic hydroxyl groups excluding tert-OH is 2. The lowest BCUT2D eigenvalue weighted by Crippen LogP contribution is -2.51. The fourth-order valence-corrected chi connectivity index (χ4v) is 7.28. The van der Waals surface area contributed by atoms with Gasteiger partial charge in [0.25, 0.3) is 5.91 Å². The molecule has 0 spiro atoms. The van der Waals surface area contributed by atoms with Crippen molar-refractivity contribution >= 4 is 27.2 Å². The van der Waals surface area contributed by atoms with E-state index in [2.05, 4.69) is 10.1 Å². The zero-order valence-corrected chi connectivity index (χ0v) is 22.7. The molecular formula is C28H30N6O5S. The van der Waals surface area contributed by atoms with Crippen molar-refractivity contribution in [3.05, 3.63) is 60.6 Å². The van der Waals surface area contributed by atoms with Crippen molar-refractivity contribution < 1.29 is 23.4 Å². The van der Waals surface area contributed by atoms with E-state index in [0.717, 1.165) is 35.9 Å². The smallest absolute Gasteiger partial charge is 0.254 e. The molecule has 2 aliphatic heterocycles. The Morgan fingerprint density at radius 2 is 1.77 bits per heavy atom. The molecule has 40 heavy (non-hydrogen) atoms. The predicted octanol–water partition coefficient (Wildman–Crippen LogP) is 2.03. The summed E-state index contributed by atoms with van der Waals surface area (Å²) in [7, 11) is -3.77. The third-order valence-corrected chi connectivity index (χ3v) is 9.17. The highest BCUT2D eigenvalue weighted by molar-refractivity contribution is 7.91. The number of hydrogen-bond donors (Lipinski definition) is 3. The molecule has 1 aromatic carbocycles. The molecule has 4 atom stereocenters. The molecule has 12 heteroatoms. The van der Waals surface area contributed by atoms with Gasteiger partial charge in [-0.15, -0.1) is 0 Å². The molecule has 0 radical (unpaired) electrons. The monoisotopic (exact) mass is 562 g/mol. The standard InChI is InChI=1S/C28H30N6O5S/c1-40(38,39)25-24(18-11-19-8-9-20(12-18)33(19)28(37)23(36)15-35)32-27-21(14-31-34(27)26(25)29)17-7-10-22(30-13-17)16-5-3-2-4-6-16/h2-7,10,13-14,18-20,23,35-36H,8-9,11-12,15,29H2,1H3/t18?,19-,20+,23?. The molecule has 5 heterocycles. The molecule has 3 aromatic heterocycles. The van der Waals surface area contributed by atoms with E-state index < -0.39 is 28.5 Å². The van der Waals surface area contributed by atoms with Crippen LogP contribution < -0.4 is 5.73 Å². The minimum atomic E-state index is -3.77. The summed E-state index contributed by atoms with van der Waals surface area (Å²) in [5.41, 5.74) is 10.5. The molecular weight excluding hydrogens is 532 g/mol. The van der Waals surface area contributed by atoms with Gasteiger partial charge < -0.3 is 20.8 Å². The normalized spacial score (nSPS) is 21.6. The van der Waals surface area contributed by atoms with E-state index in [1.54, 1.807) is 17.3 Å². The van der Waals surface area contributed by atoms with Crippen molar-refractivity contribution in [2.24, 2.45) is 0 Å². The number of anilines is 1. The summed E-state index contributed by atoms with van der Waals surface area (Å²) in [6.45, 7) is -0.643. The van der Waals surface area contributed by atoms with Gasteiger partial charge in [0.2, 0.25) is 0 Å². The molecule has 2 saturated heterocycles. The third-order valence-electron chi connectivity index (χ3n) is 8.01. The van der Waals surface area contributed by atoms with Gasteiger partial charge in [-0.05, 0) is 31.7 Å². The third kappa shape index (κ3) is 4.41. The number of amides is 1. The van der Waals surface area contributed by atoms with Gasteiger partial charge in [0.15, 0.2) is 21.6 Å². The van der Waals surface area contributed by atoms with E-state index in [4.69, 9.17) is 10.7 Å². The lowest BCUT2D eigenvalue weighted by molar-refractivity contribution is -0.147. The lowest BCUT2D eigenvalue weighted by Gasteiger charge is -2.40. The number of piperidine rings is 1. The van der Waals surface area contributed by atoms with Crippen LogP contribution >= 0.6 is 0 Å². The first-order valence-corrected chi connectivity index (χ1v) is 15.1. The second-order valence-electron chi connectivity index (χ2n) is 10.6. The number of benzene rings is 1. The summed E-state index contributed by atoms with van der Waals surface area (Å²) in [4.78, 5) is 23.8. The molecule has 0 saturated carbocycles. The Morgan fingerprint density at radius 1 is 1.07 bits per heavy atom. The summed E-state index contributed by atoms with van der Waals surface area (Å²) in [5.74, 6) is -0.778. The van der Waals surface area contributed by atoms with Crippen LogP contribution in [0.25, 0.3) is 28.0 Å². The Hall–Kier alpha value is -3.87. The van der Waals surface area contributed by atoms with E-state index in [9.17, 15) is 23.4 Å². The highest BCUT2D eigenvalue weighted by atomic mass is 32.2. The number of carbonyl (C=O) groups is 1. The number of nitrogens with zero attached hydrogens (tertiary/aromatic N) is 5. The largest absolute Gasteiger partial charge is 0.393 e. The second-order valence-corrected chi connectivity index (χ2v) is 12.5. The van der Waals surface area contributed by atoms with Gasteiger partial charge in [-0.1, -0.05) is 36.4 Å². The fourth-order valence-electron chi connectivity index (χ4n) is 6.22. The summed E-state index contributed by atoms with van der Waals surface area (Å²) >= 11 is 0. The highest BCUT2D eigenvalue weighted by Crippen LogP contribution is 2.45. The van der Waals surface area contributed by atoms with Crippen molar-refractivity contribution in [2.75, 3.05) is 18.6 Å². The van der Waals surface area contributed by atoms with Crippen molar-refractivity contribution in [1.29, 1.82) is 0 Å². The van der Waals surface area contributed by atoms with E-state index in [1.165, 1.54) is 4.52 Å². The number of aliphatic hydroxyl groups is 2. The van der Waals surface area contributed by atoms with E-state index in [1.807, 2.05) is 42.5 Å². The highest BCUT2D eigenvalue weighted by Gasteiger charge is 2.46. The van der Waals surface area contributed by atoms with Crippen LogP contribution in [0.15, 0.2) is 59.8 Å². The van der Waals surface area contributed by atoms with Gasteiger partial charge in [0, 0.05) is 47.1 Å². The Morgan fingerprint density at radius 3 is 2.38 bits per heavy atom. The van der Waals surface area contributed by atoms with Gasteiger partial charge in [-0.2, -0.15) is 9.61 Å². The maximum Gasteiger partial charge on any atom is 0.254 e. The summed E-state index contributed by atoms with van der Waals surface area (Å²) in [6, 6.07) is 13.3. The number of pyridine rings is 1. The number of hydrogen-bond acceptors (Lipinski definition) is 9. The van der Waals surface area contributed by atoms with Crippen LogP contribution in [0.2, 0.25) is 0 Å². The number of nitrogens with two attached hydrogens (primary N) is 1. The molecule has 2 aliphatic rings. The quantitative estimate of drug-likeness (QED) is 0.319. The molecule has 2 unspecified atom stereocenters. The van der Waals surface area contributed by atoms with Gasteiger partial charge in [-0.25, -0.2) is 13.4 Å². The first-order valence-electron chi connectivity index (χ1n) is 13.2. The maximum absolute atomic E-state index is 13.0. The molecule has 4 N–H and O–H groups in total. The Labute approximate surface area is 231 Å². The Balaban J connectivity index is 1.41. The minimum absolute atomic E-state index is 0.0100. The van der Waals surface area contributed by atoms with Crippen molar-refractivity contribution in [3.63, 3.8) is 0 Å². The van der Waals surface area contributed by atoms with Gasteiger partial charge in [0.1, 0.15) is 10.7 Å². The van der Waals surface area contributed by atoms with Crippen LogP contribution in [-0.4, -0.2) is 80.1 Å². The Kier molecular flexibility index (Phi) is 6.56. The van der Waals surface area contributed by atoms with Gasteiger partial charge in [-0.3, -0.25) is 9.78 Å². The zero-order valence-electron chi connectivity index (χ0n) is 21.9. The van der Waals surface area contributed by atoms with Crippen molar-refractivity contribution in [1.82, 2.24) is 24.5 Å². The molecule has 208 valence electrons. The molecule has 0 aliphatic carbocycles. The average molecular weight is 563 g/mol. The zero-order chi connectivity index (χ0) is 28.2. The van der Waals surface area contributed by atoms with Gasteiger partial charge in [0.05, 0.1) is 24.2 Å². The van der Waals surface area contributed by atoms with Crippen LogP contribution in [0.3, 0.4) is 0 Å². The molecule has 2 fully saturated rings. The van der Waals surface area contributed by atoms with E-state index >= 15 is 0 Å². The number of fused-ring (bicyclic) bond motifs is 3. The van der Waals surface area contributed by atoms with Crippen LogP contribution in [0.4, 0.5) is 5.82 Å². The Bertz CT molecular complexity index is 1680. The second kappa shape index (κ2) is 9.95.